The number of hydrogen-bond donors (Lipinski definition) is 3. The Hall–Kier alpha value is -2.86. The van der Waals surface area contributed by atoms with Gasteiger partial charge < -0.3 is 20.4 Å². The van der Waals surface area contributed by atoms with Gasteiger partial charge in [0.05, 0.1) is 25.4 Å². The maximum atomic E-state index is 13.2. The van der Waals surface area contributed by atoms with Gasteiger partial charge in [0.15, 0.2) is 6.04 Å². The van der Waals surface area contributed by atoms with Crippen molar-refractivity contribution in [3.63, 3.8) is 0 Å². The van der Waals surface area contributed by atoms with Gasteiger partial charge in [-0.1, -0.05) is 30.3 Å². The van der Waals surface area contributed by atoms with Gasteiger partial charge in [-0.15, -0.1) is 11.8 Å². The molecule has 0 bridgehead atoms. The molecular weight excluding hydrogens is 579 g/mol. The molecule has 0 radical (unpaired) electrons. The minimum atomic E-state index is -3.91. The molecule has 15 nitrogen and oxygen atoms in total. The van der Waals surface area contributed by atoms with Crippen LogP contribution in [0.1, 0.15) is 25.5 Å². The minimum Gasteiger partial charge on any atom is -0.860 e. The summed E-state index contributed by atoms with van der Waals surface area (Å²) in [6, 6.07) is 0.679. The van der Waals surface area contributed by atoms with E-state index in [1.807, 2.05) is 5.32 Å². The third-order valence-electron chi connectivity index (χ3n) is 6.41. The van der Waals surface area contributed by atoms with E-state index in [9.17, 15) is 42.6 Å². The molecule has 0 aromatic heterocycles. The van der Waals surface area contributed by atoms with E-state index in [-0.39, 0.29) is 48.2 Å². The third-order valence-corrected chi connectivity index (χ3v) is 9.10. The number of carboxylic acid groups (broad SMARTS) is 1. The van der Waals surface area contributed by atoms with E-state index in [0.29, 0.717) is 9.21 Å². The fraction of sp³-hybridized carbons (Fsp3) is 0.455. The summed E-state index contributed by atoms with van der Waals surface area (Å²) in [4.78, 5) is 67.6. The zero-order valence-corrected chi connectivity index (χ0v) is 25.6. The molecular formula is C22H25N6NaO9S2. The van der Waals surface area contributed by atoms with Crippen molar-refractivity contribution in [2.45, 2.75) is 42.1 Å². The molecule has 4 atom stereocenters. The van der Waals surface area contributed by atoms with Crippen LogP contribution in [0.15, 0.2) is 35.3 Å². The van der Waals surface area contributed by atoms with Crippen LogP contribution in [0, 0.1) is 0 Å². The van der Waals surface area contributed by atoms with Crippen LogP contribution in [0.5, 0.6) is 0 Å². The summed E-state index contributed by atoms with van der Waals surface area (Å²) in [5.74, 6) is -2.72. The zero-order valence-electron chi connectivity index (χ0n) is 21.9. The molecule has 0 spiro atoms. The monoisotopic (exact) mass is 604 g/mol. The van der Waals surface area contributed by atoms with Gasteiger partial charge in [0.25, 0.3) is 5.91 Å². The Labute approximate surface area is 255 Å². The average molecular weight is 605 g/mol. The standard InChI is InChI=1S/C22H26N6O9S2.Na/c1-22(2)14(18(31)32)28-16(30)13(17(28)38-22)23-15(29)12(11-7-5-4-6-8-11)24-19(33)25-20(34)26-9-10-27(21(26)35)39(3,36)37;/h4-8,12-14,17H,9-10H2,1-3H3,(H,23,29)(H,31,32)(H2,24,25,33,34);/q;+1/p-1/t12-,13-,14+,17-;/m1./s1. The molecule has 3 aliphatic heterocycles. The van der Waals surface area contributed by atoms with Crippen molar-refractivity contribution < 1.29 is 72.2 Å². The second kappa shape index (κ2) is 11.6. The van der Waals surface area contributed by atoms with Crippen molar-refractivity contribution >= 4 is 57.7 Å². The van der Waals surface area contributed by atoms with E-state index >= 15 is 0 Å². The molecule has 0 unspecified atom stereocenters. The fourth-order valence-electron chi connectivity index (χ4n) is 4.60. The second-order valence-corrected chi connectivity index (χ2v) is 13.2. The summed E-state index contributed by atoms with van der Waals surface area (Å²) in [5, 5.41) is 26.3. The SMILES string of the molecule is CC1(C)S[C@@H]2[C@H](N=C([O-])[C@H](NC(=O)NC(=O)N3CCN(S(C)(=O)=O)C3=O)c3ccccc3)C(=O)N2[C@H]1C(=O)O.[Na+]. The van der Waals surface area contributed by atoms with Crippen LogP contribution in [-0.2, 0) is 19.6 Å². The van der Waals surface area contributed by atoms with Crippen LogP contribution >= 0.6 is 11.8 Å². The van der Waals surface area contributed by atoms with Crippen molar-refractivity contribution in [2.24, 2.45) is 4.99 Å². The van der Waals surface area contributed by atoms with Crippen LogP contribution in [0.3, 0.4) is 0 Å². The fourth-order valence-corrected chi connectivity index (χ4v) is 7.01. The number of benzene rings is 1. The molecule has 210 valence electrons. The Morgan fingerprint density at radius 3 is 2.35 bits per heavy atom. The van der Waals surface area contributed by atoms with E-state index in [4.69, 9.17) is 0 Å². The first-order chi connectivity index (χ1) is 18.1. The number of β-lactam (4-membered cyclic amide) rings is 1. The number of urea groups is 3. The first-order valence-corrected chi connectivity index (χ1v) is 14.3. The molecule has 40 heavy (non-hydrogen) atoms. The first kappa shape index (κ1) is 31.7. The molecule has 3 saturated heterocycles. The van der Waals surface area contributed by atoms with Crippen LogP contribution in [0.2, 0.25) is 0 Å². The third kappa shape index (κ3) is 5.93. The quantitative estimate of drug-likeness (QED) is 0.124. The van der Waals surface area contributed by atoms with Crippen molar-refractivity contribution in [3.8, 4) is 0 Å². The number of hydrogen-bond acceptors (Lipinski definition) is 10. The Balaban J connectivity index is 0.00000441. The summed E-state index contributed by atoms with van der Waals surface area (Å²) in [7, 11) is -3.91. The number of carbonyl (C=O) groups is 5. The van der Waals surface area contributed by atoms with E-state index < -0.39 is 74.1 Å². The van der Waals surface area contributed by atoms with Gasteiger partial charge in [0.1, 0.15) is 11.4 Å². The van der Waals surface area contributed by atoms with Gasteiger partial charge in [-0.05, 0) is 25.3 Å². The first-order valence-electron chi connectivity index (χ1n) is 11.6. The van der Waals surface area contributed by atoms with Gasteiger partial charge in [-0.2, -0.15) is 0 Å². The van der Waals surface area contributed by atoms with Crippen molar-refractivity contribution in [1.29, 1.82) is 0 Å². The van der Waals surface area contributed by atoms with Crippen LogP contribution in [0.4, 0.5) is 14.4 Å². The number of amides is 7. The number of rotatable bonds is 6. The summed E-state index contributed by atoms with van der Waals surface area (Å²) in [5.41, 5.74) is 0.279. The number of carboxylic acids is 1. The maximum Gasteiger partial charge on any atom is 1.00 e. The predicted molar refractivity (Wildman–Crippen MR) is 135 cm³/mol. The Morgan fingerprint density at radius 2 is 1.80 bits per heavy atom. The van der Waals surface area contributed by atoms with Gasteiger partial charge in [0, 0.05) is 4.75 Å². The van der Waals surface area contributed by atoms with E-state index in [2.05, 4.69) is 10.3 Å². The van der Waals surface area contributed by atoms with Crippen LogP contribution in [0.25, 0.3) is 0 Å². The number of thioether (sulfide) groups is 1. The Morgan fingerprint density at radius 1 is 1.18 bits per heavy atom. The molecule has 3 aliphatic rings. The van der Waals surface area contributed by atoms with Crippen molar-refractivity contribution in [2.75, 3.05) is 19.3 Å². The van der Waals surface area contributed by atoms with Gasteiger partial charge in [0.2, 0.25) is 10.0 Å². The predicted octanol–water partition coefficient (Wildman–Crippen LogP) is -3.88. The molecule has 4 rings (SSSR count). The normalized spacial score (nSPS) is 24.5. The molecule has 3 N–H and O–H groups in total. The molecule has 0 aliphatic carbocycles. The molecule has 7 amide bonds. The summed E-state index contributed by atoms with van der Waals surface area (Å²) < 4.78 is 23.0. The molecule has 1 aromatic carbocycles. The summed E-state index contributed by atoms with van der Waals surface area (Å²) >= 11 is 1.20. The number of carbonyl (C=O) groups excluding carboxylic acids is 4. The maximum absolute atomic E-state index is 13.2. The summed E-state index contributed by atoms with van der Waals surface area (Å²) in [6.07, 6.45) is 0.803. The van der Waals surface area contributed by atoms with Crippen LogP contribution < -0.4 is 45.3 Å². The second-order valence-electron chi connectivity index (χ2n) is 9.53. The van der Waals surface area contributed by atoms with Crippen molar-refractivity contribution in [1.82, 2.24) is 24.7 Å². The number of nitrogens with zero attached hydrogens (tertiary/aromatic N) is 4. The number of nitrogens with one attached hydrogen (secondary N) is 2. The Bertz CT molecular complexity index is 1370. The minimum absolute atomic E-state index is 0. The number of sulfonamides is 1. The van der Waals surface area contributed by atoms with Gasteiger partial charge in [-0.25, -0.2) is 36.8 Å². The molecule has 18 heteroatoms. The zero-order chi connectivity index (χ0) is 28.9. The van der Waals surface area contributed by atoms with Crippen LogP contribution in [-0.4, -0.2) is 105 Å². The average Bonchev–Trinajstić information content (AvgIpc) is 3.36. The number of imide groups is 2. The Kier molecular flexibility index (Phi) is 9.15. The van der Waals surface area contributed by atoms with Crippen molar-refractivity contribution in [3.05, 3.63) is 35.9 Å². The van der Waals surface area contributed by atoms with E-state index in [1.54, 1.807) is 32.0 Å². The van der Waals surface area contributed by atoms with Gasteiger partial charge >= 0.3 is 53.6 Å². The molecule has 0 saturated carbocycles. The summed E-state index contributed by atoms with van der Waals surface area (Å²) in [6.45, 7) is 2.80. The number of fused-ring (bicyclic) bond motifs is 1. The topological polar surface area (TPSA) is 209 Å². The number of aliphatic imine (C=N–C) groups is 1. The van der Waals surface area contributed by atoms with E-state index in [1.165, 1.54) is 28.8 Å². The smallest absolute Gasteiger partial charge is 0.860 e. The number of aliphatic carboxylic acids is 1. The van der Waals surface area contributed by atoms with Gasteiger partial charge in [-0.3, -0.25) is 15.1 Å². The van der Waals surface area contributed by atoms with E-state index in [0.717, 1.165) is 6.26 Å². The largest absolute Gasteiger partial charge is 1.00 e. The molecule has 3 fully saturated rings. The molecule has 1 aromatic rings. The molecule has 3 heterocycles.